The average molecular weight is 244 g/mol. The molecule has 1 aliphatic heterocycles. The fraction of sp³-hybridized carbons (Fsp3) is 0.818. The molecule has 0 saturated carbocycles. The number of nitrogens with one attached hydrogen (secondary N) is 2. The molecule has 0 aromatic carbocycles. The third kappa shape index (κ3) is 3.89. The Kier molecular flexibility index (Phi) is 3.98. The first-order chi connectivity index (χ1) is 7.75. The summed E-state index contributed by atoms with van der Waals surface area (Å²) < 4.78 is 5.51. The Bertz CT molecular complexity index is 309. The van der Waals surface area contributed by atoms with Gasteiger partial charge in [-0.05, 0) is 33.6 Å². The summed E-state index contributed by atoms with van der Waals surface area (Å²) in [6.45, 7) is 5.89. The number of ether oxygens (including phenoxy) is 1. The smallest absolute Gasteiger partial charge is 0.328 e. The van der Waals surface area contributed by atoms with Crippen molar-refractivity contribution in [1.29, 1.82) is 0 Å². The van der Waals surface area contributed by atoms with Crippen molar-refractivity contribution in [1.82, 2.24) is 10.6 Å². The molecule has 0 bridgehead atoms. The minimum atomic E-state index is -1.28. The molecule has 1 unspecified atom stereocenters. The molecule has 6 heteroatoms. The molecule has 3 N–H and O–H groups in total. The van der Waals surface area contributed by atoms with Crippen molar-refractivity contribution in [2.24, 2.45) is 0 Å². The number of hydrogen-bond donors (Lipinski definition) is 3. The molecule has 0 spiro atoms. The summed E-state index contributed by atoms with van der Waals surface area (Å²) in [5.41, 5.74) is -1.60. The van der Waals surface area contributed by atoms with Crippen LogP contribution >= 0.6 is 0 Å². The number of carboxylic acid groups (broad SMARTS) is 1. The molecule has 1 heterocycles. The molecule has 2 amide bonds. The fourth-order valence-electron chi connectivity index (χ4n) is 1.63. The second-order valence-corrected chi connectivity index (χ2v) is 5.14. The van der Waals surface area contributed by atoms with Crippen LogP contribution in [0.4, 0.5) is 4.79 Å². The van der Waals surface area contributed by atoms with E-state index in [9.17, 15) is 9.59 Å². The molecule has 0 aromatic heterocycles. The Morgan fingerprint density at radius 1 is 1.47 bits per heavy atom. The van der Waals surface area contributed by atoms with Gasteiger partial charge in [0.2, 0.25) is 0 Å². The van der Waals surface area contributed by atoms with Crippen molar-refractivity contribution in [2.75, 3.05) is 13.2 Å². The van der Waals surface area contributed by atoms with E-state index in [0.717, 1.165) is 12.8 Å². The summed E-state index contributed by atoms with van der Waals surface area (Å²) in [6.07, 6.45) is 1.88. The number of hydrogen-bond acceptors (Lipinski definition) is 3. The first-order valence-corrected chi connectivity index (χ1v) is 5.69. The zero-order valence-electron chi connectivity index (χ0n) is 10.5. The van der Waals surface area contributed by atoms with E-state index < -0.39 is 17.5 Å². The quantitative estimate of drug-likeness (QED) is 0.680. The molecule has 1 atom stereocenters. The summed E-state index contributed by atoms with van der Waals surface area (Å²) in [4.78, 5) is 22.3. The first kappa shape index (κ1) is 13.8. The van der Waals surface area contributed by atoms with Crippen LogP contribution in [-0.2, 0) is 9.53 Å². The number of amides is 2. The molecule has 1 rings (SSSR count). The maximum absolute atomic E-state index is 11.5. The number of aliphatic carboxylic acids is 1. The maximum atomic E-state index is 11.5. The first-order valence-electron chi connectivity index (χ1n) is 5.69. The highest BCUT2D eigenvalue weighted by atomic mass is 16.5. The van der Waals surface area contributed by atoms with Gasteiger partial charge in [0.15, 0.2) is 0 Å². The summed E-state index contributed by atoms with van der Waals surface area (Å²) in [5, 5.41) is 13.9. The van der Waals surface area contributed by atoms with Gasteiger partial charge in [-0.25, -0.2) is 9.59 Å². The molecule has 0 aromatic rings. The lowest BCUT2D eigenvalue weighted by molar-refractivity contribution is -0.142. The molecule has 98 valence electrons. The van der Waals surface area contributed by atoms with Gasteiger partial charge in [-0.3, -0.25) is 0 Å². The van der Waals surface area contributed by atoms with E-state index in [4.69, 9.17) is 9.84 Å². The van der Waals surface area contributed by atoms with Crippen LogP contribution in [0, 0.1) is 0 Å². The lowest BCUT2D eigenvalue weighted by Crippen LogP contribution is -2.55. The van der Waals surface area contributed by atoms with Crippen LogP contribution in [0.25, 0.3) is 0 Å². The second kappa shape index (κ2) is 4.91. The highest BCUT2D eigenvalue weighted by Gasteiger charge is 2.32. The molecule has 6 nitrogen and oxygen atoms in total. The van der Waals surface area contributed by atoms with E-state index in [0.29, 0.717) is 13.2 Å². The van der Waals surface area contributed by atoms with Crippen LogP contribution in [0.2, 0.25) is 0 Å². The third-order valence-corrected chi connectivity index (χ3v) is 2.88. The van der Waals surface area contributed by atoms with Gasteiger partial charge in [0.25, 0.3) is 0 Å². The van der Waals surface area contributed by atoms with E-state index in [1.165, 1.54) is 13.8 Å². The molecular weight excluding hydrogens is 224 g/mol. The minimum absolute atomic E-state index is 0.329. The molecule has 1 aliphatic rings. The van der Waals surface area contributed by atoms with Crippen LogP contribution < -0.4 is 10.6 Å². The van der Waals surface area contributed by atoms with Gasteiger partial charge in [-0.1, -0.05) is 0 Å². The largest absolute Gasteiger partial charge is 0.480 e. The summed E-state index contributed by atoms with van der Waals surface area (Å²) >= 11 is 0. The molecule has 1 fully saturated rings. The van der Waals surface area contributed by atoms with Gasteiger partial charge in [0.1, 0.15) is 5.54 Å². The highest BCUT2D eigenvalue weighted by Crippen LogP contribution is 2.23. The predicted octanol–water partition coefficient (Wildman–Crippen LogP) is 0.718. The lowest BCUT2D eigenvalue weighted by Gasteiger charge is -2.26. The van der Waals surface area contributed by atoms with Crippen LogP contribution in [0.3, 0.4) is 0 Å². The van der Waals surface area contributed by atoms with Gasteiger partial charge in [0, 0.05) is 13.2 Å². The molecule has 17 heavy (non-hydrogen) atoms. The van der Waals surface area contributed by atoms with Gasteiger partial charge >= 0.3 is 12.0 Å². The molecule has 1 saturated heterocycles. The van der Waals surface area contributed by atoms with Crippen LogP contribution in [0.1, 0.15) is 33.6 Å². The maximum Gasteiger partial charge on any atom is 0.328 e. The normalized spacial score (nSPS) is 24.4. The number of rotatable bonds is 4. The van der Waals surface area contributed by atoms with Crippen molar-refractivity contribution < 1.29 is 19.4 Å². The van der Waals surface area contributed by atoms with Crippen molar-refractivity contribution in [3.8, 4) is 0 Å². The van der Waals surface area contributed by atoms with E-state index in [2.05, 4.69) is 10.6 Å². The Balaban J connectivity index is 2.37. The van der Waals surface area contributed by atoms with E-state index in [-0.39, 0.29) is 5.60 Å². The highest BCUT2D eigenvalue weighted by molar-refractivity contribution is 5.85. The van der Waals surface area contributed by atoms with Crippen molar-refractivity contribution in [2.45, 2.75) is 44.8 Å². The van der Waals surface area contributed by atoms with E-state index in [1.807, 2.05) is 6.92 Å². The molecule has 0 aliphatic carbocycles. The van der Waals surface area contributed by atoms with Gasteiger partial charge in [-0.15, -0.1) is 0 Å². The lowest BCUT2D eigenvalue weighted by atomic mass is 10.0. The van der Waals surface area contributed by atoms with E-state index >= 15 is 0 Å². The summed E-state index contributed by atoms with van der Waals surface area (Å²) in [6, 6.07) is -0.492. The monoisotopic (exact) mass is 244 g/mol. The Morgan fingerprint density at radius 3 is 2.59 bits per heavy atom. The van der Waals surface area contributed by atoms with E-state index in [1.54, 1.807) is 0 Å². The topological polar surface area (TPSA) is 87.7 Å². The third-order valence-electron chi connectivity index (χ3n) is 2.88. The SMILES string of the molecule is CC1(CNC(=O)NC(C)(C)C(=O)O)CCCO1. The Morgan fingerprint density at radius 2 is 2.12 bits per heavy atom. The zero-order chi connectivity index (χ0) is 13.1. The van der Waals surface area contributed by atoms with Crippen LogP contribution in [-0.4, -0.2) is 41.4 Å². The van der Waals surface area contributed by atoms with Crippen molar-refractivity contribution in [3.05, 3.63) is 0 Å². The summed E-state index contributed by atoms with van der Waals surface area (Å²) in [5.74, 6) is -1.07. The summed E-state index contributed by atoms with van der Waals surface area (Å²) in [7, 11) is 0. The van der Waals surface area contributed by atoms with Crippen LogP contribution in [0.15, 0.2) is 0 Å². The Labute approximate surface area is 101 Å². The van der Waals surface area contributed by atoms with Crippen LogP contribution in [0.5, 0.6) is 0 Å². The Hall–Kier alpha value is -1.30. The standard InChI is InChI=1S/C11H20N2O4/c1-10(2,8(14)15)13-9(16)12-7-11(3)5-4-6-17-11/h4-7H2,1-3H3,(H,14,15)(H2,12,13,16). The predicted molar refractivity (Wildman–Crippen MR) is 61.8 cm³/mol. The number of urea groups is 1. The van der Waals surface area contributed by atoms with Gasteiger partial charge < -0.3 is 20.5 Å². The number of carboxylic acids is 1. The van der Waals surface area contributed by atoms with Gasteiger partial charge in [-0.2, -0.15) is 0 Å². The number of carbonyl (C=O) groups is 2. The molecular formula is C11H20N2O4. The van der Waals surface area contributed by atoms with Crippen molar-refractivity contribution in [3.63, 3.8) is 0 Å². The minimum Gasteiger partial charge on any atom is -0.480 e. The van der Waals surface area contributed by atoms with Crippen molar-refractivity contribution >= 4 is 12.0 Å². The average Bonchev–Trinajstić information content (AvgIpc) is 2.62. The molecule has 0 radical (unpaired) electrons. The second-order valence-electron chi connectivity index (χ2n) is 5.14. The zero-order valence-corrected chi connectivity index (χ0v) is 10.5. The fourth-order valence-corrected chi connectivity index (χ4v) is 1.63. The van der Waals surface area contributed by atoms with Gasteiger partial charge in [0.05, 0.1) is 5.60 Å². The number of carbonyl (C=O) groups excluding carboxylic acids is 1.